The first-order valence-corrected chi connectivity index (χ1v) is 13.4. The number of alkyl halides is 3. The number of para-hydroxylation sites is 1. The van der Waals surface area contributed by atoms with E-state index in [1.165, 1.54) is 12.2 Å². The predicted octanol–water partition coefficient (Wildman–Crippen LogP) is 4.93. The van der Waals surface area contributed by atoms with Crippen molar-refractivity contribution in [2.75, 3.05) is 33.0 Å². The van der Waals surface area contributed by atoms with Crippen LogP contribution in [0.4, 0.5) is 13.2 Å². The van der Waals surface area contributed by atoms with Gasteiger partial charge in [0.15, 0.2) is 17.3 Å². The standard InChI is InChI=1S/C29H31F3N6O2/c1-19-5-3-6-20(2)26(19)38-28(33-34-35-38)27(22-7-4-8-23(16-22)29(30,31)32)37-13-11-36(12-14-37)17-21-9-10-24-25(15-21)40-18-39-24/h3-6,8-10,15-16,22,27H,7,11-14,17-18H2,1-2H3/t22?,27-/m0/s1. The lowest BCUT2D eigenvalue weighted by Crippen LogP contribution is -2.49. The normalized spacial score (nSPS) is 20.5. The Kier molecular flexibility index (Phi) is 7.09. The molecule has 210 valence electrons. The number of hydrogen-bond donors (Lipinski definition) is 0. The summed E-state index contributed by atoms with van der Waals surface area (Å²) in [5.74, 6) is 1.63. The van der Waals surface area contributed by atoms with E-state index in [2.05, 4.69) is 25.3 Å². The van der Waals surface area contributed by atoms with Crippen molar-refractivity contribution in [2.24, 2.45) is 5.92 Å². The van der Waals surface area contributed by atoms with Crippen LogP contribution in [0.15, 0.2) is 60.2 Å². The number of aromatic nitrogens is 4. The van der Waals surface area contributed by atoms with Crippen LogP contribution in [0.2, 0.25) is 0 Å². The molecule has 1 fully saturated rings. The molecule has 0 amide bonds. The Morgan fingerprint density at radius 3 is 2.50 bits per heavy atom. The number of rotatable bonds is 6. The summed E-state index contributed by atoms with van der Waals surface area (Å²) in [6.07, 6.45) is 0.199. The SMILES string of the molecule is Cc1cccc(C)c1-n1nnnc1[C@H](C1C=C(C(F)(F)F)C=CC1)N1CCN(Cc2ccc3c(c2)OCO3)CC1. The van der Waals surface area contributed by atoms with Gasteiger partial charge in [0.25, 0.3) is 0 Å². The number of hydrogen-bond acceptors (Lipinski definition) is 7. The third-order valence-electron chi connectivity index (χ3n) is 7.89. The molecule has 6 rings (SSSR count). The maximum atomic E-state index is 13.8. The van der Waals surface area contributed by atoms with Gasteiger partial charge in [0, 0.05) is 38.6 Å². The zero-order chi connectivity index (χ0) is 27.9. The average Bonchev–Trinajstić information content (AvgIpc) is 3.59. The molecular formula is C29H31F3N6O2. The maximum absolute atomic E-state index is 13.8. The molecule has 3 heterocycles. The van der Waals surface area contributed by atoms with E-state index in [9.17, 15) is 13.2 Å². The van der Waals surface area contributed by atoms with Crippen molar-refractivity contribution in [3.63, 3.8) is 0 Å². The minimum atomic E-state index is -4.42. The van der Waals surface area contributed by atoms with Gasteiger partial charge in [-0.15, -0.1) is 5.10 Å². The second kappa shape index (κ2) is 10.7. The summed E-state index contributed by atoms with van der Waals surface area (Å²) in [4.78, 5) is 4.58. The lowest BCUT2D eigenvalue weighted by atomic mass is 9.87. The molecule has 0 bridgehead atoms. The molecule has 1 aromatic heterocycles. The fourth-order valence-electron chi connectivity index (χ4n) is 5.92. The highest BCUT2D eigenvalue weighted by Gasteiger charge is 2.39. The van der Waals surface area contributed by atoms with Gasteiger partial charge in [-0.3, -0.25) is 9.80 Å². The third-order valence-corrected chi connectivity index (χ3v) is 7.89. The number of tetrazole rings is 1. The number of piperazine rings is 1. The zero-order valence-electron chi connectivity index (χ0n) is 22.4. The lowest BCUT2D eigenvalue weighted by molar-refractivity contribution is -0.0892. The van der Waals surface area contributed by atoms with Crippen LogP contribution in [-0.4, -0.2) is 69.2 Å². The van der Waals surface area contributed by atoms with Crippen LogP contribution < -0.4 is 9.47 Å². The van der Waals surface area contributed by atoms with Crippen LogP contribution in [0.5, 0.6) is 11.5 Å². The molecule has 0 N–H and O–H groups in total. The molecule has 2 aliphatic heterocycles. The smallest absolute Gasteiger partial charge is 0.416 e. The Bertz CT molecular complexity index is 1420. The minimum absolute atomic E-state index is 0.237. The molecule has 3 aliphatic rings. The van der Waals surface area contributed by atoms with Crippen molar-refractivity contribution in [1.82, 2.24) is 30.0 Å². The maximum Gasteiger partial charge on any atom is 0.416 e. The molecule has 1 unspecified atom stereocenters. The number of ether oxygens (including phenoxy) is 2. The highest BCUT2D eigenvalue weighted by Crippen LogP contribution is 2.39. The fraction of sp³-hybridized carbons (Fsp3) is 0.414. The lowest BCUT2D eigenvalue weighted by Gasteiger charge is -2.41. The molecule has 0 radical (unpaired) electrons. The van der Waals surface area contributed by atoms with Crippen LogP contribution in [0.25, 0.3) is 5.69 Å². The summed E-state index contributed by atoms with van der Waals surface area (Å²) in [5, 5.41) is 12.7. The molecule has 2 aromatic carbocycles. The van der Waals surface area contributed by atoms with Crippen LogP contribution >= 0.6 is 0 Å². The fourth-order valence-corrected chi connectivity index (χ4v) is 5.92. The van der Waals surface area contributed by atoms with Crippen molar-refractivity contribution in [3.05, 3.63) is 82.7 Å². The van der Waals surface area contributed by atoms with Crippen molar-refractivity contribution >= 4 is 0 Å². The van der Waals surface area contributed by atoms with E-state index in [-0.39, 0.29) is 6.79 Å². The monoisotopic (exact) mass is 552 g/mol. The van der Waals surface area contributed by atoms with Gasteiger partial charge >= 0.3 is 6.18 Å². The van der Waals surface area contributed by atoms with Crippen LogP contribution in [-0.2, 0) is 6.54 Å². The quantitative estimate of drug-likeness (QED) is 0.430. The summed E-state index contributed by atoms with van der Waals surface area (Å²) in [5.41, 5.74) is 3.36. The van der Waals surface area contributed by atoms with Gasteiger partial charge in [0.1, 0.15) is 0 Å². The highest BCUT2D eigenvalue weighted by molar-refractivity contribution is 5.47. The second-order valence-corrected chi connectivity index (χ2v) is 10.6. The Hall–Kier alpha value is -3.70. The first-order chi connectivity index (χ1) is 19.3. The molecule has 1 aliphatic carbocycles. The molecule has 8 nitrogen and oxygen atoms in total. The topological polar surface area (TPSA) is 68.5 Å². The van der Waals surface area contributed by atoms with Gasteiger partial charge in [-0.2, -0.15) is 17.9 Å². The summed E-state index contributed by atoms with van der Waals surface area (Å²) in [6.45, 7) is 7.82. The summed E-state index contributed by atoms with van der Waals surface area (Å²) >= 11 is 0. The number of halogens is 3. The molecular weight excluding hydrogens is 521 g/mol. The number of allylic oxidation sites excluding steroid dienone is 3. The molecule has 0 spiro atoms. The number of benzene rings is 2. The van der Waals surface area contributed by atoms with Crippen molar-refractivity contribution < 1.29 is 22.6 Å². The van der Waals surface area contributed by atoms with E-state index in [1.54, 1.807) is 10.8 Å². The van der Waals surface area contributed by atoms with Gasteiger partial charge in [0.2, 0.25) is 6.79 Å². The van der Waals surface area contributed by atoms with Gasteiger partial charge in [-0.25, -0.2) is 0 Å². The van der Waals surface area contributed by atoms with Gasteiger partial charge in [-0.1, -0.05) is 42.5 Å². The van der Waals surface area contributed by atoms with Crippen LogP contribution in [0.1, 0.15) is 35.0 Å². The zero-order valence-corrected chi connectivity index (χ0v) is 22.4. The van der Waals surface area contributed by atoms with E-state index < -0.39 is 23.7 Å². The van der Waals surface area contributed by atoms with Crippen molar-refractivity contribution in [1.29, 1.82) is 0 Å². The number of aryl methyl sites for hydroxylation is 2. The van der Waals surface area contributed by atoms with Gasteiger partial charge < -0.3 is 9.47 Å². The average molecular weight is 553 g/mol. The van der Waals surface area contributed by atoms with Gasteiger partial charge in [0.05, 0.1) is 17.3 Å². The Morgan fingerprint density at radius 2 is 1.75 bits per heavy atom. The van der Waals surface area contributed by atoms with E-state index in [0.29, 0.717) is 25.3 Å². The largest absolute Gasteiger partial charge is 0.454 e. The molecule has 0 saturated carbocycles. The minimum Gasteiger partial charge on any atom is -0.454 e. The molecule has 2 atom stereocenters. The van der Waals surface area contributed by atoms with E-state index >= 15 is 0 Å². The predicted molar refractivity (Wildman–Crippen MR) is 142 cm³/mol. The Morgan fingerprint density at radius 1 is 1.00 bits per heavy atom. The molecule has 1 saturated heterocycles. The van der Waals surface area contributed by atoms with Crippen molar-refractivity contribution in [3.8, 4) is 17.2 Å². The third kappa shape index (κ3) is 5.23. The summed E-state index contributed by atoms with van der Waals surface area (Å²) < 4.78 is 53.9. The Labute approximate surface area is 230 Å². The molecule has 3 aromatic rings. The van der Waals surface area contributed by atoms with E-state index in [0.717, 1.165) is 53.5 Å². The highest BCUT2D eigenvalue weighted by atomic mass is 19.4. The van der Waals surface area contributed by atoms with Crippen LogP contribution in [0, 0.1) is 19.8 Å². The van der Waals surface area contributed by atoms with Crippen molar-refractivity contribution in [2.45, 2.75) is 39.0 Å². The number of nitrogens with zero attached hydrogens (tertiary/aromatic N) is 6. The Balaban J connectivity index is 1.28. The second-order valence-electron chi connectivity index (χ2n) is 10.6. The van der Waals surface area contributed by atoms with Crippen LogP contribution in [0.3, 0.4) is 0 Å². The van der Waals surface area contributed by atoms with E-state index in [1.807, 2.05) is 50.2 Å². The first-order valence-electron chi connectivity index (χ1n) is 13.4. The van der Waals surface area contributed by atoms with Gasteiger partial charge in [-0.05, 0) is 59.5 Å². The molecule has 11 heteroatoms. The summed E-state index contributed by atoms with van der Waals surface area (Å²) in [7, 11) is 0. The summed E-state index contributed by atoms with van der Waals surface area (Å²) in [6, 6.07) is 11.5. The van der Waals surface area contributed by atoms with E-state index in [4.69, 9.17) is 9.47 Å². The molecule has 40 heavy (non-hydrogen) atoms. The first kappa shape index (κ1) is 26.5. The number of fused-ring (bicyclic) bond motifs is 1.